The van der Waals surface area contributed by atoms with Crippen LogP contribution in [0.4, 0.5) is 4.39 Å². The molecule has 1 rings (SSSR count). The van der Waals surface area contributed by atoms with Crippen LogP contribution in [-0.4, -0.2) is 13.7 Å². The molecule has 1 aromatic carbocycles. The van der Waals surface area contributed by atoms with E-state index in [0.717, 1.165) is 30.7 Å². The van der Waals surface area contributed by atoms with Gasteiger partial charge in [-0.3, -0.25) is 0 Å². The molecule has 1 N–H and O–H groups in total. The van der Waals surface area contributed by atoms with E-state index >= 15 is 0 Å². The van der Waals surface area contributed by atoms with Gasteiger partial charge in [-0.2, -0.15) is 0 Å². The van der Waals surface area contributed by atoms with Crippen molar-refractivity contribution >= 4 is 0 Å². The summed E-state index contributed by atoms with van der Waals surface area (Å²) in [5.74, 6) is 1.06. The molecule has 21 heavy (non-hydrogen) atoms. The molecular weight excluding hydrogens is 265 g/mol. The predicted octanol–water partition coefficient (Wildman–Crippen LogP) is 4.95. The van der Waals surface area contributed by atoms with E-state index in [0.29, 0.717) is 5.92 Å². The number of rotatable bonds is 7. The molecule has 0 aliphatic heterocycles. The van der Waals surface area contributed by atoms with E-state index in [9.17, 15) is 4.39 Å². The Hall–Kier alpha value is -1.09. The molecule has 0 amide bonds. The second-order valence-electron chi connectivity index (χ2n) is 6.90. The molecule has 2 atom stereocenters. The summed E-state index contributed by atoms with van der Waals surface area (Å²) in [5, 5.41) is 3.54. The molecule has 3 heteroatoms. The quantitative estimate of drug-likeness (QED) is 0.768. The lowest BCUT2D eigenvalue weighted by Crippen LogP contribution is -2.28. The Labute approximate surface area is 129 Å². The van der Waals surface area contributed by atoms with Crippen molar-refractivity contribution in [1.29, 1.82) is 0 Å². The van der Waals surface area contributed by atoms with Gasteiger partial charge in [-0.15, -0.1) is 0 Å². The molecule has 0 aliphatic carbocycles. The lowest BCUT2D eigenvalue weighted by atomic mass is 9.77. The number of benzene rings is 1. The summed E-state index contributed by atoms with van der Waals surface area (Å²) < 4.78 is 19.1. The predicted molar refractivity (Wildman–Crippen MR) is 87.2 cm³/mol. The molecule has 1 aromatic rings. The van der Waals surface area contributed by atoms with Gasteiger partial charge in [-0.1, -0.05) is 34.6 Å². The first-order valence-electron chi connectivity index (χ1n) is 7.86. The summed E-state index contributed by atoms with van der Waals surface area (Å²) in [6, 6.07) is 4.88. The van der Waals surface area contributed by atoms with Crippen LogP contribution in [0.5, 0.6) is 5.75 Å². The summed E-state index contributed by atoms with van der Waals surface area (Å²) in [5.41, 5.74) is 1.15. The average molecular weight is 295 g/mol. The first-order chi connectivity index (χ1) is 9.79. The number of methoxy groups -OCH3 is 1. The van der Waals surface area contributed by atoms with Crippen molar-refractivity contribution in [3.63, 3.8) is 0 Å². The fourth-order valence-corrected chi connectivity index (χ4v) is 2.32. The molecule has 0 heterocycles. The van der Waals surface area contributed by atoms with Crippen LogP contribution in [0.25, 0.3) is 0 Å². The van der Waals surface area contributed by atoms with Crippen molar-refractivity contribution in [2.45, 2.75) is 53.5 Å². The normalized spacial score (nSPS) is 14.8. The minimum atomic E-state index is -0.211. The van der Waals surface area contributed by atoms with E-state index in [1.54, 1.807) is 19.2 Å². The van der Waals surface area contributed by atoms with Gasteiger partial charge in [0.1, 0.15) is 11.6 Å². The molecular formula is C18H30FNO. The molecule has 120 valence electrons. The fourth-order valence-electron chi connectivity index (χ4n) is 2.32. The molecule has 0 spiro atoms. The number of hydrogen-bond acceptors (Lipinski definition) is 2. The highest BCUT2D eigenvalue weighted by Gasteiger charge is 2.26. The monoisotopic (exact) mass is 295 g/mol. The van der Waals surface area contributed by atoms with Gasteiger partial charge in [0.25, 0.3) is 0 Å². The molecule has 0 aromatic heterocycles. The largest absolute Gasteiger partial charge is 0.496 e. The Kier molecular flexibility index (Phi) is 6.66. The van der Waals surface area contributed by atoms with E-state index in [4.69, 9.17) is 4.74 Å². The van der Waals surface area contributed by atoms with E-state index in [-0.39, 0.29) is 17.3 Å². The van der Waals surface area contributed by atoms with Gasteiger partial charge in [0.05, 0.1) is 7.11 Å². The Morgan fingerprint density at radius 1 is 1.29 bits per heavy atom. The van der Waals surface area contributed by atoms with Crippen molar-refractivity contribution in [2.75, 3.05) is 13.7 Å². The highest BCUT2D eigenvalue weighted by molar-refractivity contribution is 5.36. The number of halogens is 1. The van der Waals surface area contributed by atoms with Crippen LogP contribution in [0.1, 0.15) is 59.1 Å². The van der Waals surface area contributed by atoms with E-state index < -0.39 is 0 Å². The van der Waals surface area contributed by atoms with Crippen LogP contribution in [0.15, 0.2) is 18.2 Å². The van der Waals surface area contributed by atoms with Crippen LogP contribution in [0, 0.1) is 17.2 Å². The molecule has 0 saturated heterocycles. The summed E-state index contributed by atoms with van der Waals surface area (Å²) in [6.07, 6.45) is 2.02. The third kappa shape index (κ3) is 5.31. The van der Waals surface area contributed by atoms with Crippen LogP contribution < -0.4 is 10.1 Å². The summed E-state index contributed by atoms with van der Waals surface area (Å²) in [4.78, 5) is 0. The third-order valence-electron chi connectivity index (χ3n) is 4.28. The summed E-state index contributed by atoms with van der Waals surface area (Å²) >= 11 is 0. The lowest BCUT2D eigenvalue weighted by molar-refractivity contribution is 0.221. The smallest absolute Gasteiger partial charge is 0.123 e. The Morgan fingerprint density at radius 2 is 1.95 bits per heavy atom. The maximum Gasteiger partial charge on any atom is 0.123 e. The van der Waals surface area contributed by atoms with Gasteiger partial charge in [0.2, 0.25) is 0 Å². The number of nitrogens with one attached hydrogen (secondary N) is 1. The average Bonchev–Trinajstić information content (AvgIpc) is 2.42. The SMILES string of the molecule is CCCNC(CC(C)C(C)(C)C)c1cc(F)ccc1OC. The third-order valence-corrected chi connectivity index (χ3v) is 4.28. The zero-order valence-electron chi connectivity index (χ0n) is 14.3. The van der Waals surface area contributed by atoms with Crippen LogP contribution in [-0.2, 0) is 0 Å². The molecule has 0 radical (unpaired) electrons. The maximum atomic E-state index is 13.7. The molecule has 2 unspecified atom stereocenters. The Bertz CT molecular complexity index is 439. The van der Waals surface area contributed by atoms with Gasteiger partial charge < -0.3 is 10.1 Å². The van der Waals surface area contributed by atoms with Crippen LogP contribution in [0.3, 0.4) is 0 Å². The van der Waals surface area contributed by atoms with Crippen molar-refractivity contribution < 1.29 is 9.13 Å². The van der Waals surface area contributed by atoms with Crippen LogP contribution >= 0.6 is 0 Å². The van der Waals surface area contributed by atoms with Crippen molar-refractivity contribution in [3.05, 3.63) is 29.6 Å². The number of ether oxygens (including phenoxy) is 1. The van der Waals surface area contributed by atoms with Gasteiger partial charge in [-0.05, 0) is 48.9 Å². The van der Waals surface area contributed by atoms with Crippen molar-refractivity contribution in [3.8, 4) is 5.75 Å². The van der Waals surface area contributed by atoms with Gasteiger partial charge >= 0.3 is 0 Å². The Morgan fingerprint density at radius 3 is 2.48 bits per heavy atom. The molecule has 0 saturated carbocycles. The minimum absolute atomic E-state index is 0.116. The maximum absolute atomic E-state index is 13.7. The second-order valence-corrected chi connectivity index (χ2v) is 6.90. The fraction of sp³-hybridized carbons (Fsp3) is 0.667. The highest BCUT2D eigenvalue weighted by atomic mass is 19.1. The van der Waals surface area contributed by atoms with Crippen LogP contribution in [0.2, 0.25) is 0 Å². The lowest BCUT2D eigenvalue weighted by Gasteiger charge is -2.32. The van der Waals surface area contributed by atoms with Gasteiger partial charge in [0.15, 0.2) is 0 Å². The summed E-state index contributed by atoms with van der Waals surface area (Å²) in [7, 11) is 1.64. The first-order valence-corrected chi connectivity index (χ1v) is 7.86. The summed E-state index contributed by atoms with van der Waals surface area (Å²) in [6.45, 7) is 12.1. The Balaban J connectivity index is 3.04. The first kappa shape index (κ1) is 18.0. The molecule has 0 bridgehead atoms. The number of hydrogen-bond donors (Lipinski definition) is 1. The molecule has 2 nitrogen and oxygen atoms in total. The minimum Gasteiger partial charge on any atom is -0.496 e. The zero-order valence-corrected chi connectivity index (χ0v) is 14.3. The van der Waals surface area contributed by atoms with E-state index in [2.05, 4.69) is 39.9 Å². The molecule has 0 fully saturated rings. The van der Waals surface area contributed by atoms with Crippen molar-refractivity contribution in [1.82, 2.24) is 5.32 Å². The topological polar surface area (TPSA) is 21.3 Å². The zero-order chi connectivity index (χ0) is 16.0. The van der Waals surface area contributed by atoms with E-state index in [1.165, 1.54) is 6.07 Å². The highest BCUT2D eigenvalue weighted by Crippen LogP contribution is 2.36. The van der Waals surface area contributed by atoms with Gasteiger partial charge in [-0.25, -0.2) is 4.39 Å². The standard InChI is InChI=1S/C18H30FNO/c1-7-10-20-16(11-13(2)18(3,4)5)15-12-14(19)8-9-17(15)21-6/h8-9,12-13,16,20H,7,10-11H2,1-6H3. The molecule has 0 aliphatic rings. The van der Waals surface area contributed by atoms with E-state index in [1.807, 2.05) is 0 Å². The second kappa shape index (κ2) is 7.79. The van der Waals surface area contributed by atoms with Crippen molar-refractivity contribution in [2.24, 2.45) is 11.3 Å². The van der Waals surface area contributed by atoms with Gasteiger partial charge in [0, 0.05) is 11.6 Å².